The molecule has 0 aliphatic rings. The minimum atomic E-state index is -1.58. The molecule has 1 unspecified atom stereocenters. The highest BCUT2D eigenvalue weighted by Crippen LogP contribution is 2.30. The first-order valence-corrected chi connectivity index (χ1v) is 9.26. The maximum atomic E-state index is 13.2. The molecule has 1 radical (unpaired) electrons. The summed E-state index contributed by atoms with van der Waals surface area (Å²) in [5.74, 6) is -0.0253. The van der Waals surface area contributed by atoms with E-state index in [0.29, 0.717) is 10.9 Å². The summed E-state index contributed by atoms with van der Waals surface area (Å²) in [6, 6.07) is 9.35. The van der Waals surface area contributed by atoms with Crippen LogP contribution in [-0.2, 0) is 4.57 Å². The lowest BCUT2D eigenvalue weighted by Crippen LogP contribution is -2.17. The van der Waals surface area contributed by atoms with Crippen molar-refractivity contribution in [3.05, 3.63) is 63.7 Å². The minimum Gasteiger partial charge on any atom is -0.289 e. The summed E-state index contributed by atoms with van der Waals surface area (Å²) in [6.45, 7) is 11.9. The summed E-state index contributed by atoms with van der Waals surface area (Å²) in [6.07, 6.45) is 0. The van der Waals surface area contributed by atoms with Crippen molar-refractivity contribution in [1.29, 1.82) is 0 Å². The molecule has 1 atom stereocenters. The first kappa shape index (κ1) is 17.6. The molecule has 0 aliphatic heterocycles. The quantitative estimate of drug-likeness (QED) is 0.584. The molecular weight excluding hydrogens is 303 g/mol. The Labute approximate surface area is 139 Å². The molecule has 2 rings (SSSR count). The molecule has 2 aromatic carbocycles. The van der Waals surface area contributed by atoms with Crippen molar-refractivity contribution in [2.24, 2.45) is 0 Å². The van der Waals surface area contributed by atoms with Crippen LogP contribution in [0.3, 0.4) is 0 Å². The van der Waals surface area contributed by atoms with Crippen molar-refractivity contribution < 1.29 is 9.36 Å². The molecule has 3 heteroatoms. The second-order valence-corrected chi connectivity index (χ2v) is 8.57. The van der Waals surface area contributed by atoms with E-state index in [4.69, 9.17) is 0 Å². The van der Waals surface area contributed by atoms with Gasteiger partial charge in [0.15, 0.2) is 5.78 Å². The lowest BCUT2D eigenvalue weighted by molar-refractivity contribution is 0.103. The fraction of sp³-hybridized carbons (Fsp3) is 0.350. The Morgan fingerprint density at radius 2 is 1.57 bits per heavy atom. The Hall–Kier alpha value is -1.79. The van der Waals surface area contributed by atoms with Crippen molar-refractivity contribution in [2.75, 3.05) is 0 Å². The van der Waals surface area contributed by atoms with E-state index >= 15 is 0 Å². The zero-order chi connectivity index (χ0) is 17.3. The van der Waals surface area contributed by atoms with Crippen molar-refractivity contribution in [1.82, 2.24) is 0 Å². The highest BCUT2D eigenvalue weighted by molar-refractivity contribution is 7.54. The first-order chi connectivity index (χ1) is 10.8. The summed E-state index contributed by atoms with van der Waals surface area (Å²) in [5.41, 5.74) is 5.65. The molecule has 0 amide bonds. The van der Waals surface area contributed by atoms with Crippen LogP contribution in [0.2, 0.25) is 0 Å². The number of carbonyl (C=O) groups is 1. The molecule has 23 heavy (non-hydrogen) atoms. The summed E-state index contributed by atoms with van der Waals surface area (Å²) >= 11 is 0. The van der Waals surface area contributed by atoms with Gasteiger partial charge in [0.2, 0.25) is 0 Å². The molecule has 121 valence electrons. The molecule has 2 nitrogen and oxygen atoms in total. The largest absolute Gasteiger partial charge is 0.289 e. The third-order valence-electron chi connectivity index (χ3n) is 4.44. The Morgan fingerprint density at radius 3 is 2.17 bits per heavy atom. The Morgan fingerprint density at radius 1 is 0.957 bits per heavy atom. The molecule has 0 aromatic heterocycles. The van der Waals surface area contributed by atoms with Gasteiger partial charge in [0.1, 0.15) is 7.80 Å². The average Bonchev–Trinajstić information content (AvgIpc) is 2.51. The van der Waals surface area contributed by atoms with E-state index in [1.54, 1.807) is 6.07 Å². The molecule has 2 aromatic rings. The van der Waals surface area contributed by atoms with Gasteiger partial charge in [0, 0.05) is 22.1 Å². The maximum Gasteiger partial charge on any atom is 0.194 e. The molecule has 0 heterocycles. The number of rotatable bonds is 4. The number of benzene rings is 2. The van der Waals surface area contributed by atoms with Gasteiger partial charge in [-0.15, -0.1) is 0 Å². The fourth-order valence-corrected chi connectivity index (χ4v) is 4.11. The van der Waals surface area contributed by atoms with Gasteiger partial charge in [0.05, 0.1) is 0 Å². The Bertz CT molecular complexity index is 788. The lowest BCUT2D eigenvalue weighted by atomic mass is 9.89. The van der Waals surface area contributed by atoms with Gasteiger partial charge in [-0.05, 0) is 62.1 Å². The summed E-state index contributed by atoms with van der Waals surface area (Å²) in [5, 5.41) is 0.666. The van der Waals surface area contributed by atoms with Gasteiger partial charge in [-0.3, -0.25) is 9.36 Å². The van der Waals surface area contributed by atoms with Crippen molar-refractivity contribution in [2.45, 2.75) is 47.2 Å². The number of hydrogen-bond donors (Lipinski definition) is 0. The monoisotopic (exact) mass is 327 g/mol. The predicted molar refractivity (Wildman–Crippen MR) is 97.6 cm³/mol. The standard InChI is InChI=1S/C20H24O2P/c1-12(2)23(22)18-10-8-7-9-17(18)20(21)19-14(4)11-13(3)15(5)16(19)6/h7-12H,1-6H3. The maximum absolute atomic E-state index is 13.2. The summed E-state index contributed by atoms with van der Waals surface area (Å²) in [4.78, 5) is 13.2. The van der Waals surface area contributed by atoms with Crippen molar-refractivity contribution in [3.8, 4) is 0 Å². The third kappa shape index (κ3) is 3.28. The Balaban J connectivity index is 2.64. The Kier molecular flexibility index (Phi) is 5.16. The second kappa shape index (κ2) is 6.76. The van der Waals surface area contributed by atoms with E-state index < -0.39 is 7.80 Å². The van der Waals surface area contributed by atoms with Crippen LogP contribution in [0.4, 0.5) is 0 Å². The van der Waals surface area contributed by atoms with Crippen LogP contribution in [0.25, 0.3) is 0 Å². The number of ketones is 1. The minimum absolute atomic E-state index is 0.0147. The normalized spacial score (nSPS) is 11.7. The van der Waals surface area contributed by atoms with Crippen LogP contribution in [-0.4, -0.2) is 11.4 Å². The molecule has 0 saturated carbocycles. The highest BCUT2D eigenvalue weighted by Gasteiger charge is 2.22. The number of hydrogen-bond acceptors (Lipinski definition) is 2. The molecule has 0 fully saturated rings. The molecular formula is C20H24O2P. The number of carbonyl (C=O) groups excluding carboxylic acids is 1. The first-order valence-electron chi connectivity index (χ1n) is 7.93. The zero-order valence-corrected chi connectivity index (χ0v) is 15.6. The van der Waals surface area contributed by atoms with Crippen molar-refractivity contribution in [3.63, 3.8) is 0 Å². The van der Waals surface area contributed by atoms with Gasteiger partial charge < -0.3 is 0 Å². The van der Waals surface area contributed by atoms with E-state index in [2.05, 4.69) is 13.0 Å². The summed E-state index contributed by atoms with van der Waals surface area (Å²) in [7, 11) is -1.58. The average molecular weight is 327 g/mol. The number of aryl methyl sites for hydroxylation is 2. The van der Waals surface area contributed by atoms with Crippen molar-refractivity contribution >= 4 is 18.9 Å². The topological polar surface area (TPSA) is 34.1 Å². The van der Waals surface area contributed by atoms with E-state index in [1.807, 2.05) is 52.8 Å². The van der Waals surface area contributed by atoms with Gasteiger partial charge >= 0.3 is 0 Å². The highest BCUT2D eigenvalue weighted by atomic mass is 31.1. The molecule has 0 spiro atoms. The molecule has 0 saturated heterocycles. The van der Waals surface area contributed by atoms with Crippen LogP contribution in [0.1, 0.15) is 52.0 Å². The van der Waals surface area contributed by atoms with Crippen LogP contribution < -0.4 is 5.30 Å². The lowest BCUT2D eigenvalue weighted by Gasteiger charge is -2.16. The zero-order valence-electron chi connectivity index (χ0n) is 14.7. The van der Waals surface area contributed by atoms with E-state index in [9.17, 15) is 9.36 Å². The van der Waals surface area contributed by atoms with E-state index in [0.717, 1.165) is 22.3 Å². The van der Waals surface area contributed by atoms with Crippen LogP contribution in [0.15, 0.2) is 30.3 Å². The third-order valence-corrected chi connectivity index (χ3v) is 6.24. The molecule has 0 bridgehead atoms. The summed E-state index contributed by atoms with van der Waals surface area (Å²) < 4.78 is 12.6. The van der Waals surface area contributed by atoms with Gasteiger partial charge in [-0.1, -0.05) is 32.0 Å². The van der Waals surface area contributed by atoms with Crippen LogP contribution in [0, 0.1) is 27.7 Å². The molecule has 0 aliphatic carbocycles. The van der Waals surface area contributed by atoms with E-state index in [-0.39, 0.29) is 11.4 Å². The van der Waals surface area contributed by atoms with E-state index in [1.165, 1.54) is 5.56 Å². The van der Waals surface area contributed by atoms with Gasteiger partial charge in [-0.25, -0.2) is 0 Å². The SMILES string of the molecule is Cc1cc(C)c(C(=O)c2ccccc2[P](=O)C(C)C)c(C)c1C. The molecule has 0 N–H and O–H groups in total. The van der Waals surface area contributed by atoms with Crippen LogP contribution >= 0.6 is 7.80 Å². The second-order valence-electron chi connectivity index (χ2n) is 6.40. The fourth-order valence-electron chi connectivity index (χ4n) is 2.90. The smallest absolute Gasteiger partial charge is 0.194 e. The van der Waals surface area contributed by atoms with Crippen LogP contribution in [0.5, 0.6) is 0 Å². The van der Waals surface area contributed by atoms with Gasteiger partial charge in [-0.2, -0.15) is 0 Å². The predicted octanol–water partition coefficient (Wildman–Crippen LogP) is 5.01. The van der Waals surface area contributed by atoms with Gasteiger partial charge in [0.25, 0.3) is 0 Å².